The minimum absolute atomic E-state index is 0.0248. The summed E-state index contributed by atoms with van der Waals surface area (Å²) in [4.78, 5) is 37.7. The van der Waals surface area contributed by atoms with Crippen molar-refractivity contribution >= 4 is 39.5 Å². The number of hydrogen-bond acceptors (Lipinski definition) is 6. The van der Waals surface area contributed by atoms with Crippen LogP contribution in [0.4, 0.5) is 17.1 Å². The molecule has 0 bridgehead atoms. The van der Waals surface area contributed by atoms with Gasteiger partial charge in [-0.05, 0) is 42.0 Å². The number of amides is 1. The quantitative estimate of drug-likeness (QED) is 0.415. The monoisotopic (exact) mass is 392 g/mol. The number of methoxy groups -OCH3 is 1. The second-order valence-corrected chi connectivity index (χ2v) is 6.70. The van der Waals surface area contributed by atoms with Gasteiger partial charge in [-0.25, -0.2) is 0 Å². The van der Waals surface area contributed by atoms with Crippen LogP contribution in [-0.4, -0.2) is 28.8 Å². The van der Waals surface area contributed by atoms with Gasteiger partial charge in [0, 0.05) is 11.6 Å². The van der Waals surface area contributed by atoms with Crippen LogP contribution in [0, 0.1) is 10.1 Å². The van der Waals surface area contributed by atoms with E-state index in [1.807, 2.05) is 0 Å². The zero-order valence-electron chi connectivity index (χ0n) is 15.6. The number of nitro benzene ring substituents is 1. The molecule has 0 radical (unpaired) electrons. The van der Waals surface area contributed by atoms with Gasteiger partial charge in [0.15, 0.2) is 5.78 Å². The standard InChI is InChI=1S/C21H16N2O6/c1-12(24)21(26)19-15-11-14(29-2)9-7-13(15)8-10-18(19)22(20(21)25)16-5-3-4-6-17(16)23(27)28/h3-11,26H,1-2H3/t21-/m0/s1. The highest BCUT2D eigenvalue weighted by Gasteiger charge is 2.55. The molecule has 1 atom stereocenters. The molecule has 0 saturated heterocycles. The van der Waals surface area contributed by atoms with Crippen LogP contribution >= 0.6 is 0 Å². The molecule has 0 aliphatic carbocycles. The molecule has 0 spiro atoms. The zero-order chi connectivity index (χ0) is 20.9. The van der Waals surface area contributed by atoms with Gasteiger partial charge in [-0.2, -0.15) is 0 Å². The number of para-hydroxylation sites is 2. The molecule has 8 nitrogen and oxygen atoms in total. The van der Waals surface area contributed by atoms with Crippen molar-refractivity contribution in [3.8, 4) is 5.75 Å². The fraction of sp³-hybridized carbons (Fsp3) is 0.143. The number of anilines is 2. The van der Waals surface area contributed by atoms with E-state index in [2.05, 4.69) is 0 Å². The molecule has 0 aromatic heterocycles. The van der Waals surface area contributed by atoms with E-state index >= 15 is 0 Å². The van der Waals surface area contributed by atoms with Crippen molar-refractivity contribution in [2.24, 2.45) is 0 Å². The van der Waals surface area contributed by atoms with Gasteiger partial charge in [0.05, 0.1) is 17.7 Å². The predicted molar refractivity (Wildman–Crippen MR) is 105 cm³/mol. The van der Waals surface area contributed by atoms with Crippen molar-refractivity contribution in [3.63, 3.8) is 0 Å². The summed E-state index contributed by atoms with van der Waals surface area (Å²) in [6, 6.07) is 14.1. The molecule has 8 heteroatoms. The maximum Gasteiger partial charge on any atom is 0.293 e. The molecule has 3 aromatic rings. The van der Waals surface area contributed by atoms with Crippen LogP contribution in [0.1, 0.15) is 12.5 Å². The first-order valence-corrected chi connectivity index (χ1v) is 8.73. The first-order valence-electron chi connectivity index (χ1n) is 8.73. The smallest absolute Gasteiger partial charge is 0.293 e. The number of carbonyl (C=O) groups excluding carboxylic acids is 2. The van der Waals surface area contributed by atoms with E-state index in [1.165, 1.54) is 25.3 Å². The lowest BCUT2D eigenvalue weighted by atomic mass is 9.87. The Morgan fingerprint density at radius 2 is 1.83 bits per heavy atom. The van der Waals surface area contributed by atoms with Gasteiger partial charge in [0.2, 0.25) is 5.60 Å². The Balaban J connectivity index is 2.10. The average Bonchev–Trinajstić information content (AvgIpc) is 2.96. The van der Waals surface area contributed by atoms with Gasteiger partial charge in [0.1, 0.15) is 11.4 Å². The summed E-state index contributed by atoms with van der Waals surface area (Å²) < 4.78 is 5.25. The van der Waals surface area contributed by atoms with E-state index in [4.69, 9.17) is 4.74 Å². The summed E-state index contributed by atoms with van der Waals surface area (Å²) in [5.41, 5.74) is -2.51. The summed E-state index contributed by atoms with van der Waals surface area (Å²) in [5, 5.41) is 23.9. The largest absolute Gasteiger partial charge is 0.497 e. The number of nitro groups is 1. The summed E-state index contributed by atoms with van der Waals surface area (Å²) in [6.07, 6.45) is 0. The minimum atomic E-state index is -2.47. The van der Waals surface area contributed by atoms with E-state index < -0.39 is 22.2 Å². The molecule has 4 rings (SSSR count). The molecule has 1 heterocycles. The lowest BCUT2D eigenvalue weighted by Gasteiger charge is -2.21. The normalized spacial score (nSPS) is 18.0. The number of nitrogens with zero attached hydrogens (tertiary/aromatic N) is 2. The Bertz CT molecular complexity index is 1200. The summed E-state index contributed by atoms with van der Waals surface area (Å²) in [6.45, 7) is 1.11. The van der Waals surface area contributed by atoms with Crippen molar-refractivity contribution < 1.29 is 24.4 Å². The third-order valence-corrected chi connectivity index (χ3v) is 5.15. The van der Waals surface area contributed by atoms with Crippen LogP contribution in [0.15, 0.2) is 54.6 Å². The zero-order valence-corrected chi connectivity index (χ0v) is 15.6. The third-order valence-electron chi connectivity index (χ3n) is 5.15. The molecule has 0 saturated carbocycles. The van der Waals surface area contributed by atoms with E-state index in [9.17, 15) is 24.8 Å². The fourth-order valence-corrected chi connectivity index (χ4v) is 3.73. The Labute approximate surface area is 165 Å². The molecule has 1 aliphatic rings. The highest BCUT2D eigenvalue weighted by Crippen LogP contribution is 2.50. The number of rotatable bonds is 4. The molecule has 1 amide bonds. The van der Waals surface area contributed by atoms with E-state index in [0.717, 1.165) is 11.8 Å². The molecule has 0 unspecified atom stereocenters. The predicted octanol–water partition coefficient (Wildman–Crippen LogP) is 3.21. The van der Waals surface area contributed by atoms with Crippen molar-refractivity contribution in [2.75, 3.05) is 12.0 Å². The van der Waals surface area contributed by atoms with Crippen molar-refractivity contribution in [1.82, 2.24) is 0 Å². The van der Waals surface area contributed by atoms with Crippen LogP contribution in [0.2, 0.25) is 0 Å². The molecule has 3 aromatic carbocycles. The lowest BCUT2D eigenvalue weighted by molar-refractivity contribution is -0.384. The Kier molecular flexibility index (Phi) is 4.09. The van der Waals surface area contributed by atoms with Crippen LogP contribution < -0.4 is 9.64 Å². The number of ether oxygens (including phenoxy) is 1. The third kappa shape index (κ3) is 2.50. The number of hydrogen-bond donors (Lipinski definition) is 1. The van der Waals surface area contributed by atoms with E-state index in [-0.39, 0.29) is 22.6 Å². The van der Waals surface area contributed by atoms with Gasteiger partial charge in [-0.15, -0.1) is 0 Å². The first-order chi connectivity index (χ1) is 13.8. The molecule has 29 heavy (non-hydrogen) atoms. The molecular formula is C21H16N2O6. The SMILES string of the molecule is COc1ccc2ccc3c(c2c1)[C@@](O)(C(C)=O)C(=O)N3c1ccccc1[N+](=O)[O-]. The Morgan fingerprint density at radius 1 is 1.14 bits per heavy atom. The number of benzene rings is 3. The first kappa shape index (κ1) is 18.6. The van der Waals surface area contributed by atoms with Gasteiger partial charge in [-0.1, -0.05) is 24.3 Å². The fourth-order valence-electron chi connectivity index (χ4n) is 3.73. The van der Waals surface area contributed by atoms with E-state index in [0.29, 0.717) is 16.5 Å². The molecule has 1 N–H and O–H groups in total. The highest BCUT2D eigenvalue weighted by molar-refractivity contribution is 6.26. The number of aliphatic hydroxyl groups is 1. The van der Waals surface area contributed by atoms with Crippen LogP contribution in [0.5, 0.6) is 5.75 Å². The molecule has 0 fully saturated rings. The van der Waals surface area contributed by atoms with Crippen LogP contribution in [-0.2, 0) is 15.2 Å². The van der Waals surface area contributed by atoms with Crippen molar-refractivity contribution in [3.05, 3.63) is 70.3 Å². The Morgan fingerprint density at radius 3 is 2.48 bits per heavy atom. The number of ketones is 1. The molecular weight excluding hydrogens is 376 g/mol. The summed E-state index contributed by atoms with van der Waals surface area (Å²) in [7, 11) is 1.48. The lowest BCUT2D eigenvalue weighted by Crippen LogP contribution is -2.44. The number of carbonyl (C=O) groups is 2. The van der Waals surface area contributed by atoms with Crippen molar-refractivity contribution in [2.45, 2.75) is 12.5 Å². The van der Waals surface area contributed by atoms with Gasteiger partial charge in [-0.3, -0.25) is 24.6 Å². The highest BCUT2D eigenvalue weighted by atomic mass is 16.6. The maximum atomic E-state index is 13.3. The van der Waals surface area contributed by atoms with Gasteiger partial charge in [0.25, 0.3) is 11.6 Å². The minimum Gasteiger partial charge on any atom is -0.497 e. The molecule has 146 valence electrons. The second kappa shape index (κ2) is 6.39. The topological polar surface area (TPSA) is 110 Å². The van der Waals surface area contributed by atoms with Gasteiger partial charge < -0.3 is 9.84 Å². The molecule has 1 aliphatic heterocycles. The van der Waals surface area contributed by atoms with Crippen LogP contribution in [0.3, 0.4) is 0 Å². The van der Waals surface area contributed by atoms with Crippen LogP contribution in [0.25, 0.3) is 10.8 Å². The average molecular weight is 392 g/mol. The number of Topliss-reactive ketones (excluding diaryl/α,β-unsaturated/α-hetero) is 1. The van der Waals surface area contributed by atoms with E-state index in [1.54, 1.807) is 36.4 Å². The van der Waals surface area contributed by atoms with Gasteiger partial charge >= 0.3 is 0 Å². The number of fused-ring (bicyclic) bond motifs is 3. The summed E-state index contributed by atoms with van der Waals surface area (Å²) >= 11 is 0. The maximum absolute atomic E-state index is 13.3. The second-order valence-electron chi connectivity index (χ2n) is 6.70. The van der Waals surface area contributed by atoms with Crippen molar-refractivity contribution in [1.29, 1.82) is 0 Å². The Hall–Kier alpha value is -3.78. The summed E-state index contributed by atoms with van der Waals surface area (Å²) in [5.74, 6) is -1.25.